The normalized spacial score (nSPS) is 11.8. The van der Waals surface area contributed by atoms with Crippen LogP contribution in [0.25, 0.3) is 11.3 Å². The summed E-state index contributed by atoms with van der Waals surface area (Å²) in [6.07, 6.45) is 0. The number of rotatable bonds is 5. The van der Waals surface area contributed by atoms with Gasteiger partial charge in [0.25, 0.3) is 15.9 Å². The van der Waals surface area contributed by atoms with E-state index in [0.717, 1.165) is 21.1 Å². The van der Waals surface area contributed by atoms with E-state index in [2.05, 4.69) is 29.4 Å². The minimum atomic E-state index is -3.73. The van der Waals surface area contributed by atoms with Crippen LogP contribution in [0.15, 0.2) is 39.2 Å². The Kier molecular flexibility index (Phi) is 5.42. The molecule has 9 heteroatoms. The molecule has 3 rings (SSSR count). The lowest BCUT2D eigenvalue weighted by Gasteiger charge is -2.08. The van der Waals surface area contributed by atoms with E-state index in [-0.39, 0.29) is 10.9 Å². The molecule has 0 bridgehead atoms. The van der Waals surface area contributed by atoms with Crippen LogP contribution >= 0.6 is 11.3 Å². The lowest BCUT2D eigenvalue weighted by atomic mass is 9.99. The highest BCUT2D eigenvalue weighted by Crippen LogP contribution is 2.30. The summed E-state index contributed by atoms with van der Waals surface area (Å²) in [6, 6.07) is 6.78. The SMILES string of the molecule is Cc1cc(C)c(-c2csc(NC(=O)c3ccc(S(=O)(=O)N(C)C)o3)n2)cc1C. The highest BCUT2D eigenvalue weighted by Gasteiger charge is 2.23. The molecule has 1 aromatic carbocycles. The molecule has 148 valence electrons. The van der Waals surface area contributed by atoms with E-state index in [1.807, 2.05) is 19.2 Å². The number of furan rings is 1. The molecule has 0 fully saturated rings. The Bertz CT molecular complexity index is 1140. The number of amides is 1. The van der Waals surface area contributed by atoms with Gasteiger partial charge in [-0.15, -0.1) is 11.3 Å². The number of nitrogens with one attached hydrogen (secondary N) is 1. The molecule has 0 saturated heterocycles. The quantitative estimate of drug-likeness (QED) is 0.678. The molecule has 0 radical (unpaired) electrons. The summed E-state index contributed by atoms with van der Waals surface area (Å²) >= 11 is 1.29. The summed E-state index contributed by atoms with van der Waals surface area (Å²) in [5, 5.41) is 4.65. The number of hydrogen-bond acceptors (Lipinski definition) is 6. The molecule has 0 spiro atoms. The average Bonchev–Trinajstić information content (AvgIpc) is 3.27. The number of aryl methyl sites for hydroxylation is 3. The lowest BCUT2D eigenvalue weighted by molar-refractivity contribution is 0.0991. The van der Waals surface area contributed by atoms with Crippen molar-refractivity contribution in [1.29, 1.82) is 0 Å². The molecule has 28 heavy (non-hydrogen) atoms. The zero-order chi connectivity index (χ0) is 20.6. The lowest BCUT2D eigenvalue weighted by Crippen LogP contribution is -2.21. The van der Waals surface area contributed by atoms with E-state index < -0.39 is 15.9 Å². The van der Waals surface area contributed by atoms with Gasteiger partial charge in [-0.1, -0.05) is 6.07 Å². The van der Waals surface area contributed by atoms with Crippen LogP contribution < -0.4 is 5.32 Å². The van der Waals surface area contributed by atoms with Crippen molar-refractivity contribution in [2.24, 2.45) is 0 Å². The first kappa shape index (κ1) is 20.2. The summed E-state index contributed by atoms with van der Waals surface area (Å²) in [5.74, 6) is -0.655. The second-order valence-electron chi connectivity index (χ2n) is 6.65. The fourth-order valence-corrected chi connectivity index (χ4v) is 4.11. The Morgan fingerprint density at radius 2 is 1.79 bits per heavy atom. The predicted molar refractivity (Wildman–Crippen MR) is 109 cm³/mol. The first-order valence-electron chi connectivity index (χ1n) is 8.47. The Hall–Kier alpha value is -2.49. The number of hydrogen-bond donors (Lipinski definition) is 1. The van der Waals surface area contributed by atoms with Crippen LogP contribution in [-0.4, -0.2) is 37.7 Å². The highest BCUT2D eigenvalue weighted by molar-refractivity contribution is 7.88. The van der Waals surface area contributed by atoms with Crippen molar-refractivity contribution in [2.45, 2.75) is 25.9 Å². The highest BCUT2D eigenvalue weighted by atomic mass is 32.2. The molecule has 1 amide bonds. The van der Waals surface area contributed by atoms with Gasteiger partial charge in [0.1, 0.15) is 0 Å². The number of aromatic nitrogens is 1. The molecule has 0 aliphatic heterocycles. The molecule has 2 aromatic heterocycles. The maximum atomic E-state index is 12.4. The first-order valence-corrected chi connectivity index (χ1v) is 10.8. The maximum absolute atomic E-state index is 12.4. The van der Waals surface area contributed by atoms with E-state index >= 15 is 0 Å². The third-order valence-corrected chi connectivity index (χ3v) is 6.83. The van der Waals surface area contributed by atoms with Gasteiger partial charge in [-0.3, -0.25) is 10.1 Å². The zero-order valence-corrected chi connectivity index (χ0v) is 17.9. The molecule has 7 nitrogen and oxygen atoms in total. The molecule has 0 aliphatic rings. The van der Waals surface area contributed by atoms with Crippen molar-refractivity contribution in [1.82, 2.24) is 9.29 Å². The van der Waals surface area contributed by atoms with Gasteiger partial charge >= 0.3 is 0 Å². The van der Waals surface area contributed by atoms with Crippen molar-refractivity contribution in [3.8, 4) is 11.3 Å². The number of anilines is 1. The molecule has 1 N–H and O–H groups in total. The van der Waals surface area contributed by atoms with E-state index in [1.54, 1.807) is 0 Å². The monoisotopic (exact) mass is 419 g/mol. The topological polar surface area (TPSA) is 92.5 Å². The van der Waals surface area contributed by atoms with Gasteiger partial charge in [0.05, 0.1) is 5.69 Å². The zero-order valence-electron chi connectivity index (χ0n) is 16.2. The standard InChI is InChI=1S/C19H21N3O4S2/c1-11-8-13(3)14(9-12(11)2)15-10-27-19(20-15)21-18(23)16-6-7-17(26-16)28(24,25)22(4)5/h6-10H,1-5H3,(H,20,21,23). The van der Waals surface area contributed by atoms with Crippen LogP contribution in [0.5, 0.6) is 0 Å². The van der Waals surface area contributed by atoms with Gasteiger partial charge in [0, 0.05) is 25.0 Å². The minimum absolute atomic E-state index is 0.0977. The summed E-state index contributed by atoms with van der Waals surface area (Å²) in [6.45, 7) is 6.13. The number of nitrogens with zero attached hydrogens (tertiary/aromatic N) is 2. The minimum Gasteiger partial charge on any atom is -0.438 e. The smallest absolute Gasteiger partial charge is 0.293 e. The maximum Gasteiger partial charge on any atom is 0.293 e. The van der Waals surface area contributed by atoms with Crippen molar-refractivity contribution >= 4 is 32.4 Å². The van der Waals surface area contributed by atoms with E-state index in [4.69, 9.17) is 4.42 Å². The van der Waals surface area contributed by atoms with Gasteiger partial charge in [0.15, 0.2) is 10.9 Å². The van der Waals surface area contributed by atoms with Gasteiger partial charge < -0.3 is 4.42 Å². The van der Waals surface area contributed by atoms with E-state index in [9.17, 15) is 13.2 Å². The van der Waals surface area contributed by atoms with Gasteiger partial charge in [-0.05, 0) is 55.7 Å². The first-order chi connectivity index (χ1) is 13.1. The van der Waals surface area contributed by atoms with Crippen LogP contribution in [0.3, 0.4) is 0 Å². The predicted octanol–water partition coefficient (Wildman–Crippen LogP) is 3.83. The van der Waals surface area contributed by atoms with Crippen LogP contribution in [-0.2, 0) is 10.0 Å². The molecule has 0 unspecified atom stereocenters. The van der Waals surface area contributed by atoms with Crippen molar-refractivity contribution < 1.29 is 17.6 Å². The van der Waals surface area contributed by atoms with Crippen molar-refractivity contribution in [3.63, 3.8) is 0 Å². The second kappa shape index (κ2) is 7.50. The Morgan fingerprint density at radius 3 is 2.46 bits per heavy atom. The largest absolute Gasteiger partial charge is 0.438 e. The second-order valence-corrected chi connectivity index (χ2v) is 9.59. The Balaban J connectivity index is 1.80. The van der Waals surface area contributed by atoms with Gasteiger partial charge in [0.2, 0.25) is 5.09 Å². The fraction of sp³-hybridized carbons (Fsp3) is 0.263. The van der Waals surface area contributed by atoms with Crippen molar-refractivity contribution in [2.75, 3.05) is 19.4 Å². The number of benzene rings is 1. The fourth-order valence-electron chi connectivity index (χ4n) is 2.61. The van der Waals surface area contributed by atoms with Gasteiger partial charge in [-0.2, -0.15) is 0 Å². The number of thiazole rings is 1. The van der Waals surface area contributed by atoms with Crippen molar-refractivity contribution in [3.05, 3.63) is 52.1 Å². The van der Waals surface area contributed by atoms with Crippen LogP contribution in [0.1, 0.15) is 27.2 Å². The molecule has 0 atom stereocenters. The Morgan fingerprint density at radius 1 is 1.11 bits per heavy atom. The van der Waals surface area contributed by atoms with Gasteiger partial charge in [-0.25, -0.2) is 17.7 Å². The summed E-state index contributed by atoms with van der Waals surface area (Å²) in [7, 11) is -0.948. The summed E-state index contributed by atoms with van der Waals surface area (Å²) in [5.41, 5.74) is 5.28. The third-order valence-electron chi connectivity index (χ3n) is 4.38. The molecular weight excluding hydrogens is 398 g/mol. The number of carbonyl (C=O) groups is 1. The molecule has 3 aromatic rings. The molecular formula is C19H21N3O4S2. The van der Waals surface area contributed by atoms with Crippen LogP contribution in [0.4, 0.5) is 5.13 Å². The van der Waals surface area contributed by atoms with Crippen LogP contribution in [0.2, 0.25) is 0 Å². The summed E-state index contributed by atoms with van der Waals surface area (Å²) in [4.78, 5) is 16.9. The molecule has 2 heterocycles. The Labute approximate surface area is 168 Å². The third kappa shape index (κ3) is 3.87. The van der Waals surface area contributed by atoms with Crippen LogP contribution in [0, 0.1) is 20.8 Å². The summed E-state index contributed by atoms with van der Waals surface area (Å²) < 4.78 is 30.4. The molecule has 0 saturated carbocycles. The van der Waals surface area contributed by atoms with E-state index in [0.29, 0.717) is 5.13 Å². The molecule has 0 aliphatic carbocycles. The van der Waals surface area contributed by atoms with E-state index in [1.165, 1.54) is 48.7 Å². The number of sulfonamides is 1. The average molecular weight is 420 g/mol. The number of carbonyl (C=O) groups excluding carboxylic acids is 1.